The van der Waals surface area contributed by atoms with Gasteiger partial charge in [0.2, 0.25) is 5.91 Å². The second-order valence-electron chi connectivity index (χ2n) is 8.85. The van der Waals surface area contributed by atoms with Crippen LogP contribution in [-0.4, -0.2) is 29.0 Å². The molecule has 2 N–H and O–H groups in total. The highest BCUT2D eigenvalue weighted by Gasteiger charge is 2.38. The number of ether oxygens (including phenoxy) is 1. The Labute approximate surface area is 202 Å². The van der Waals surface area contributed by atoms with Crippen molar-refractivity contribution in [2.24, 2.45) is 0 Å². The van der Waals surface area contributed by atoms with Gasteiger partial charge in [-0.05, 0) is 55.2 Å². The minimum atomic E-state index is -4.49. The molecule has 2 aliphatic heterocycles. The van der Waals surface area contributed by atoms with Crippen LogP contribution in [0.2, 0.25) is 0 Å². The molecule has 0 saturated carbocycles. The van der Waals surface area contributed by atoms with Crippen LogP contribution in [0.3, 0.4) is 0 Å². The fourth-order valence-electron chi connectivity index (χ4n) is 4.51. The number of carbonyl (C=O) groups is 2. The third-order valence-electron chi connectivity index (χ3n) is 6.74. The summed E-state index contributed by atoms with van der Waals surface area (Å²) in [4.78, 5) is 26.7. The van der Waals surface area contributed by atoms with E-state index in [0.29, 0.717) is 54.9 Å². The summed E-state index contributed by atoms with van der Waals surface area (Å²) in [6, 6.07) is 8.49. The summed E-state index contributed by atoms with van der Waals surface area (Å²) in [5.41, 5.74) is 1.70. The van der Waals surface area contributed by atoms with Crippen LogP contribution in [0.25, 0.3) is 5.57 Å². The number of anilines is 2. The van der Waals surface area contributed by atoms with Crippen molar-refractivity contribution in [1.29, 1.82) is 0 Å². The number of nitrogens with zero attached hydrogens (tertiary/aromatic N) is 1. The SMILES string of the molecule is CCN1Cc2ccc(NC(=O)/C=C3\CC(CC)(CC)Oc4cc(C(F)(F)F)ccc43)cc2NC1=O. The van der Waals surface area contributed by atoms with Crippen LogP contribution in [0.15, 0.2) is 42.5 Å². The lowest BCUT2D eigenvalue weighted by molar-refractivity contribution is -0.137. The maximum absolute atomic E-state index is 13.3. The minimum absolute atomic E-state index is 0.130. The topological polar surface area (TPSA) is 70.7 Å². The number of alkyl halides is 3. The van der Waals surface area contributed by atoms with Crippen molar-refractivity contribution in [3.8, 4) is 5.75 Å². The van der Waals surface area contributed by atoms with E-state index in [2.05, 4.69) is 10.6 Å². The van der Waals surface area contributed by atoms with Crippen molar-refractivity contribution in [3.05, 3.63) is 59.2 Å². The van der Waals surface area contributed by atoms with Crippen molar-refractivity contribution in [2.45, 2.75) is 58.4 Å². The van der Waals surface area contributed by atoms with E-state index in [9.17, 15) is 22.8 Å². The predicted octanol–water partition coefficient (Wildman–Crippen LogP) is 6.44. The van der Waals surface area contributed by atoms with Gasteiger partial charge in [-0.2, -0.15) is 13.2 Å². The van der Waals surface area contributed by atoms with Crippen LogP contribution in [0.1, 0.15) is 56.7 Å². The van der Waals surface area contributed by atoms with E-state index in [1.54, 1.807) is 17.0 Å². The van der Waals surface area contributed by atoms with Gasteiger partial charge in [0, 0.05) is 42.5 Å². The number of carbonyl (C=O) groups excluding carboxylic acids is 2. The van der Waals surface area contributed by atoms with E-state index in [1.165, 1.54) is 12.1 Å². The van der Waals surface area contributed by atoms with Gasteiger partial charge in [0.25, 0.3) is 0 Å². The first-order chi connectivity index (χ1) is 16.6. The third kappa shape index (κ3) is 4.99. The molecule has 0 bridgehead atoms. The molecule has 4 rings (SSSR count). The third-order valence-corrected chi connectivity index (χ3v) is 6.74. The van der Waals surface area contributed by atoms with Crippen molar-refractivity contribution in [3.63, 3.8) is 0 Å². The lowest BCUT2D eigenvalue weighted by Crippen LogP contribution is -2.38. The molecule has 0 fully saturated rings. The number of hydrogen-bond donors (Lipinski definition) is 2. The molecule has 0 spiro atoms. The molecule has 2 aromatic carbocycles. The van der Waals surface area contributed by atoms with Crippen LogP contribution in [0.5, 0.6) is 5.75 Å². The normalized spacial score (nSPS) is 17.8. The van der Waals surface area contributed by atoms with Gasteiger partial charge < -0.3 is 20.3 Å². The summed E-state index contributed by atoms with van der Waals surface area (Å²) >= 11 is 0. The number of halogens is 3. The van der Waals surface area contributed by atoms with Crippen molar-refractivity contribution >= 4 is 28.9 Å². The summed E-state index contributed by atoms with van der Waals surface area (Å²) in [6.07, 6.45) is -1.51. The Morgan fingerprint density at radius 1 is 1.17 bits per heavy atom. The van der Waals surface area contributed by atoms with Crippen molar-refractivity contribution in [2.75, 3.05) is 17.2 Å². The highest BCUT2D eigenvalue weighted by Crippen LogP contribution is 2.45. The zero-order valence-corrected chi connectivity index (χ0v) is 19.9. The Hall–Kier alpha value is -3.49. The van der Waals surface area contributed by atoms with Crippen LogP contribution in [0.4, 0.5) is 29.3 Å². The van der Waals surface area contributed by atoms with Crippen LogP contribution in [0, 0.1) is 0 Å². The first-order valence-corrected chi connectivity index (χ1v) is 11.7. The largest absolute Gasteiger partial charge is 0.486 e. The molecular formula is C26H28F3N3O3. The van der Waals surface area contributed by atoms with Crippen LogP contribution >= 0.6 is 0 Å². The molecule has 9 heteroatoms. The second kappa shape index (κ2) is 9.28. The summed E-state index contributed by atoms with van der Waals surface area (Å²) in [5, 5.41) is 5.63. The molecule has 186 valence electrons. The zero-order valence-electron chi connectivity index (χ0n) is 19.9. The number of benzene rings is 2. The molecule has 0 atom stereocenters. The van der Waals surface area contributed by atoms with Gasteiger partial charge in [-0.15, -0.1) is 0 Å². The Morgan fingerprint density at radius 2 is 1.91 bits per heavy atom. The first-order valence-electron chi connectivity index (χ1n) is 11.7. The lowest BCUT2D eigenvalue weighted by atomic mass is 9.83. The molecule has 0 saturated heterocycles. The fourth-order valence-corrected chi connectivity index (χ4v) is 4.51. The molecule has 6 nitrogen and oxygen atoms in total. The number of amides is 3. The van der Waals surface area contributed by atoms with Gasteiger partial charge in [-0.1, -0.05) is 26.0 Å². The number of nitrogens with one attached hydrogen (secondary N) is 2. The van der Waals surface area contributed by atoms with Gasteiger partial charge in [0.05, 0.1) is 5.56 Å². The quantitative estimate of drug-likeness (QED) is 0.477. The predicted molar refractivity (Wildman–Crippen MR) is 128 cm³/mol. The Bertz CT molecular complexity index is 1190. The van der Waals surface area contributed by atoms with E-state index in [4.69, 9.17) is 4.74 Å². The first kappa shape index (κ1) is 24.6. The zero-order chi connectivity index (χ0) is 25.4. The summed E-state index contributed by atoms with van der Waals surface area (Å²) in [5.74, 6) is -0.281. The van der Waals surface area contributed by atoms with E-state index < -0.39 is 23.2 Å². The standard InChI is InChI=1S/C26H28F3N3O3/c1-4-25(5-2)14-17(20-10-8-18(26(27,28)29)12-22(20)35-25)11-23(33)30-19-9-7-16-15-32(6-3)24(34)31-21(16)13-19/h7-13H,4-6,14-15H2,1-3H3,(H,30,33)(H,31,34)/b17-11+. The summed E-state index contributed by atoms with van der Waals surface area (Å²) in [7, 11) is 0. The second-order valence-corrected chi connectivity index (χ2v) is 8.85. The van der Waals surface area contributed by atoms with E-state index in [1.807, 2.05) is 26.8 Å². The minimum Gasteiger partial charge on any atom is -0.486 e. The van der Waals surface area contributed by atoms with Gasteiger partial charge in [-0.3, -0.25) is 4.79 Å². The van der Waals surface area contributed by atoms with Gasteiger partial charge in [-0.25, -0.2) is 4.79 Å². The van der Waals surface area contributed by atoms with Crippen molar-refractivity contribution in [1.82, 2.24) is 4.90 Å². The van der Waals surface area contributed by atoms with Crippen molar-refractivity contribution < 1.29 is 27.5 Å². The maximum atomic E-state index is 13.3. The number of fused-ring (bicyclic) bond motifs is 2. The summed E-state index contributed by atoms with van der Waals surface area (Å²) in [6.45, 7) is 6.81. The van der Waals surface area contributed by atoms with E-state index in [-0.39, 0.29) is 11.8 Å². The molecule has 0 unspecified atom stereocenters. The van der Waals surface area contributed by atoms with E-state index >= 15 is 0 Å². The Balaban J connectivity index is 1.62. The molecule has 0 aromatic heterocycles. The molecule has 2 aliphatic rings. The molecule has 3 amide bonds. The summed E-state index contributed by atoms with van der Waals surface area (Å²) < 4.78 is 45.9. The van der Waals surface area contributed by atoms with Gasteiger partial charge in [0.15, 0.2) is 0 Å². The highest BCUT2D eigenvalue weighted by atomic mass is 19.4. The van der Waals surface area contributed by atoms with Crippen LogP contribution < -0.4 is 15.4 Å². The van der Waals surface area contributed by atoms with E-state index in [0.717, 1.165) is 17.7 Å². The Morgan fingerprint density at radius 3 is 2.57 bits per heavy atom. The number of rotatable bonds is 5. The fraction of sp³-hybridized carbons (Fsp3) is 0.385. The average Bonchev–Trinajstić information content (AvgIpc) is 2.82. The lowest BCUT2D eigenvalue weighted by Gasteiger charge is -2.39. The molecule has 35 heavy (non-hydrogen) atoms. The molecular weight excluding hydrogens is 459 g/mol. The molecule has 2 aromatic rings. The maximum Gasteiger partial charge on any atom is 0.416 e. The highest BCUT2D eigenvalue weighted by molar-refractivity contribution is 6.05. The number of urea groups is 1. The average molecular weight is 488 g/mol. The molecule has 0 radical (unpaired) electrons. The smallest absolute Gasteiger partial charge is 0.416 e. The number of hydrogen-bond acceptors (Lipinski definition) is 3. The van der Waals surface area contributed by atoms with Gasteiger partial charge in [0.1, 0.15) is 11.4 Å². The monoisotopic (exact) mass is 487 g/mol. The Kier molecular flexibility index (Phi) is 6.53. The van der Waals surface area contributed by atoms with Gasteiger partial charge >= 0.3 is 12.2 Å². The molecule has 0 aliphatic carbocycles. The van der Waals surface area contributed by atoms with Crippen LogP contribution in [-0.2, 0) is 17.5 Å². The molecule has 2 heterocycles.